The molecule has 3 heteroatoms. The van der Waals surface area contributed by atoms with E-state index in [-0.39, 0.29) is 12.4 Å². The maximum absolute atomic E-state index is 4.91. The molecule has 0 bridgehead atoms. The summed E-state index contributed by atoms with van der Waals surface area (Å²) >= 11 is 0. The lowest BCUT2D eigenvalue weighted by molar-refractivity contribution is -0.870. The van der Waals surface area contributed by atoms with Crippen LogP contribution in [0.3, 0.4) is 0 Å². The molecule has 0 saturated heterocycles. The third kappa shape index (κ3) is 37.4. The van der Waals surface area contributed by atoms with E-state index in [1.165, 1.54) is 109 Å². The third-order valence-corrected chi connectivity index (χ3v) is 4.85. The smallest absolute Gasteiger partial charge is 0.0780 e. The molecule has 0 amide bonds. The molecule has 0 radical (unpaired) electrons. The van der Waals surface area contributed by atoms with E-state index < -0.39 is 0 Å². The Bertz CT molecular complexity index is 262. The first-order valence-corrected chi connectivity index (χ1v) is 11.6. The van der Waals surface area contributed by atoms with Crippen molar-refractivity contribution in [3.8, 4) is 0 Å². The van der Waals surface area contributed by atoms with Crippen LogP contribution in [0.2, 0.25) is 0 Å². The molecule has 0 aliphatic carbocycles. The fourth-order valence-corrected chi connectivity index (χ4v) is 3.13. The Hall–Kier alpha value is -0.0500. The average Bonchev–Trinajstić information content (AvgIpc) is 2.60. The number of hydrogen-bond acceptors (Lipinski definition) is 1. The van der Waals surface area contributed by atoms with Crippen LogP contribution in [0.1, 0.15) is 110 Å². The van der Waals surface area contributed by atoms with E-state index in [4.69, 9.17) is 5.73 Å². The molecule has 166 valence electrons. The van der Waals surface area contributed by atoms with E-state index in [0.717, 1.165) is 4.48 Å². The highest BCUT2D eigenvalue weighted by Gasteiger charge is 2.04. The molecule has 0 saturated carbocycles. The summed E-state index contributed by atoms with van der Waals surface area (Å²) in [5.74, 6) is 0. The van der Waals surface area contributed by atoms with Gasteiger partial charge in [0.2, 0.25) is 0 Å². The van der Waals surface area contributed by atoms with Crippen molar-refractivity contribution in [2.24, 2.45) is 5.73 Å². The summed E-state index contributed by atoms with van der Waals surface area (Å²) in [5, 5.41) is 0. The van der Waals surface area contributed by atoms with Gasteiger partial charge in [-0.3, -0.25) is 0 Å². The molecular weight excluding hydrogens is 352 g/mol. The molecule has 27 heavy (non-hydrogen) atoms. The van der Waals surface area contributed by atoms with Crippen molar-refractivity contribution in [3.63, 3.8) is 0 Å². The first-order valence-electron chi connectivity index (χ1n) is 11.6. The minimum atomic E-state index is 0. The highest BCUT2D eigenvalue weighted by molar-refractivity contribution is 5.85. The van der Waals surface area contributed by atoms with Gasteiger partial charge in [0.25, 0.3) is 0 Å². The van der Waals surface area contributed by atoms with Crippen LogP contribution in [0.5, 0.6) is 0 Å². The van der Waals surface area contributed by atoms with Crippen LogP contribution >= 0.6 is 12.4 Å². The Morgan fingerprint density at radius 2 is 0.889 bits per heavy atom. The first-order chi connectivity index (χ1) is 12.5. The normalized spacial score (nSPS) is 10.7. The Labute approximate surface area is 179 Å². The molecule has 0 spiro atoms. The van der Waals surface area contributed by atoms with Gasteiger partial charge in [0.1, 0.15) is 0 Å². The largest absolute Gasteiger partial charge is 0.331 e. The average molecular weight is 406 g/mol. The van der Waals surface area contributed by atoms with Crippen molar-refractivity contribution in [1.29, 1.82) is 0 Å². The quantitative estimate of drug-likeness (QED) is 0.142. The lowest BCUT2D eigenvalue weighted by atomic mass is 10.0. The standard InChI is InChI=1S/C21H46N.C3H7N.ClH/c1-5-6-7-8-9-10-11-12-13-14-15-16-17-18-19-20-21-22(2,3)4;1-2-3-4;/h5-21H2,1-4H3;2H,1,3-4H2;1H/q+1;;. The number of nitrogens with zero attached hydrogens (tertiary/aromatic N) is 1. The molecular formula is C24H54ClN2+. The predicted octanol–water partition coefficient (Wildman–Crippen LogP) is 7.51. The number of nitrogens with two attached hydrogens (primary N) is 1. The summed E-state index contributed by atoms with van der Waals surface area (Å²) in [4.78, 5) is 0. The van der Waals surface area contributed by atoms with Crippen molar-refractivity contribution >= 4 is 12.4 Å². The van der Waals surface area contributed by atoms with Crippen LogP contribution in [-0.2, 0) is 0 Å². The van der Waals surface area contributed by atoms with Gasteiger partial charge >= 0.3 is 0 Å². The van der Waals surface area contributed by atoms with Crippen LogP contribution in [0.15, 0.2) is 12.7 Å². The first kappa shape index (κ1) is 31.6. The van der Waals surface area contributed by atoms with Crippen LogP contribution in [-0.4, -0.2) is 38.7 Å². The second-order valence-corrected chi connectivity index (χ2v) is 8.84. The molecule has 0 atom stereocenters. The molecule has 2 N–H and O–H groups in total. The fourth-order valence-electron chi connectivity index (χ4n) is 3.13. The molecule has 0 aliphatic rings. The Balaban J connectivity index is -0.00000104. The van der Waals surface area contributed by atoms with Gasteiger partial charge in [-0.25, -0.2) is 0 Å². The lowest BCUT2D eigenvalue weighted by Gasteiger charge is -2.23. The monoisotopic (exact) mass is 405 g/mol. The molecule has 0 aromatic heterocycles. The van der Waals surface area contributed by atoms with Crippen LogP contribution in [0, 0.1) is 0 Å². The van der Waals surface area contributed by atoms with E-state index in [9.17, 15) is 0 Å². The molecule has 0 rings (SSSR count). The third-order valence-electron chi connectivity index (χ3n) is 4.85. The molecule has 0 aliphatic heterocycles. The zero-order valence-electron chi connectivity index (χ0n) is 19.4. The van der Waals surface area contributed by atoms with Crippen molar-refractivity contribution in [2.75, 3.05) is 34.2 Å². The minimum Gasteiger partial charge on any atom is -0.331 e. The van der Waals surface area contributed by atoms with Gasteiger partial charge in [0.15, 0.2) is 0 Å². The molecule has 0 unspecified atom stereocenters. The van der Waals surface area contributed by atoms with Gasteiger partial charge < -0.3 is 10.2 Å². The summed E-state index contributed by atoms with van der Waals surface area (Å²) in [6.07, 6.45) is 25.0. The highest BCUT2D eigenvalue weighted by Crippen LogP contribution is 2.13. The SMILES string of the molecule is C=CCN.CCCCCCCCCCCCCCCCCC[N+](C)(C)C.Cl. The summed E-state index contributed by atoms with van der Waals surface area (Å²) in [6.45, 7) is 7.57. The van der Waals surface area contributed by atoms with Gasteiger partial charge in [-0.2, -0.15) is 0 Å². The van der Waals surface area contributed by atoms with Crippen molar-refractivity contribution in [1.82, 2.24) is 0 Å². The summed E-state index contributed by atoms with van der Waals surface area (Å²) in [5.41, 5.74) is 4.91. The van der Waals surface area contributed by atoms with Gasteiger partial charge in [0.05, 0.1) is 27.7 Å². The van der Waals surface area contributed by atoms with Gasteiger partial charge in [-0.15, -0.1) is 19.0 Å². The highest BCUT2D eigenvalue weighted by atomic mass is 35.5. The Kier molecular flexibility index (Phi) is 30.4. The Morgan fingerprint density at radius 3 is 1.11 bits per heavy atom. The molecule has 0 aromatic rings. The Morgan fingerprint density at radius 1 is 0.630 bits per heavy atom. The lowest BCUT2D eigenvalue weighted by Crippen LogP contribution is -2.35. The maximum Gasteiger partial charge on any atom is 0.0780 e. The zero-order chi connectivity index (χ0) is 19.9. The van der Waals surface area contributed by atoms with Crippen LogP contribution in [0.4, 0.5) is 0 Å². The van der Waals surface area contributed by atoms with Crippen LogP contribution in [0.25, 0.3) is 0 Å². The summed E-state index contributed by atoms with van der Waals surface area (Å²) < 4.78 is 1.12. The van der Waals surface area contributed by atoms with E-state index in [1.807, 2.05) is 0 Å². The number of rotatable bonds is 18. The van der Waals surface area contributed by atoms with Gasteiger partial charge in [0, 0.05) is 6.54 Å². The second kappa shape index (κ2) is 26.0. The van der Waals surface area contributed by atoms with E-state index in [2.05, 4.69) is 34.6 Å². The zero-order valence-corrected chi connectivity index (χ0v) is 20.3. The number of quaternary nitrogens is 1. The summed E-state index contributed by atoms with van der Waals surface area (Å²) in [6, 6.07) is 0. The van der Waals surface area contributed by atoms with Crippen molar-refractivity contribution in [3.05, 3.63) is 12.7 Å². The maximum atomic E-state index is 4.91. The second-order valence-electron chi connectivity index (χ2n) is 8.84. The topological polar surface area (TPSA) is 26.0 Å². The molecule has 0 heterocycles. The van der Waals surface area contributed by atoms with Crippen molar-refractivity contribution < 1.29 is 4.48 Å². The number of halogens is 1. The minimum absolute atomic E-state index is 0. The summed E-state index contributed by atoms with van der Waals surface area (Å²) in [7, 11) is 6.89. The molecule has 0 fully saturated rings. The molecule has 0 aromatic carbocycles. The van der Waals surface area contributed by atoms with E-state index in [0.29, 0.717) is 6.54 Å². The van der Waals surface area contributed by atoms with E-state index in [1.54, 1.807) is 6.08 Å². The number of unbranched alkanes of at least 4 members (excludes halogenated alkanes) is 15. The van der Waals surface area contributed by atoms with Gasteiger partial charge in [-0.1, -0.05) is 103 Å². The van der Waals surface area contributed by atoms with Crippen LogP contribution < -0.4 is 5.73 Å². The fraction of sp³-hybridized carbons (Fsp3) is 0.917. The molecule has 2 nitrogen and oxygen atoms in total. The number of hydrogen-bond donors (Lipinski definition) is 1. The van der Waals surface area contributed by atoms with E-state index >= 15 is 0 Å². The predicted molar refractivity (Wildman–Crippen MR) is 129 cm³/mol. The van der Waals surface area contributed by atoms with Gasteiger partial charge in [-0.05, 0) is 12.8 Å². The van der Waals surface area contributed by atoms with Crippen molar-refractivity contribution in [2.45, 2.75) is 110 Å².